The molecule has 1 saturated heterocycles. The van der Waals surface area contributed by atoms with Crippen molar-refractivity contribution in [3.8, 4) is 0 Å². The van der Waals surface area contributed by atoms with Crippen LogP contribution in [0.25, 0.3) is 0 Å². The molecule has 1 aliphatic carbocycles. The molecule has 0 bridgehead atoms. The number of rotatable bonds is 4. The summed E-state index contributed by atoms with van der Waals surface area (Å²) in [6.07, 6.45) is 8.56. The topological polar surface area (TPSA) is 15.3 Å². The maximum Gasteiger partial charge on any atom is 0.0104 e. The van der Waals surface area contributed by atoms with Crippen LogP contribution in [0.1, 0.15) is 52.4 Å². The second-order valence-electron chi connectivity index (χ2n) is 6.82. The van der Waals surface area contributed by atoms with E-state index in [4.69, 9.17) is 0 Å². The standard InChI is InChI=1S/C16H32N2/c1-13(2)14-8-10-18(11-9-14)12-15-6-4-5-7-16(15)17-3/h13-17H,4-12H2,1-3H3. The van der Waals surface area contributed by atoms with Crippen molar-refractivity contribution in [2.24, 2.45) is 17.8 Å². The van der Waals surface area contributed by atoms with Gasteiger partial charge in [0.05, 0.1) is 0 Å². The van der Waals surface area contributed by atoms with Crippen LogP contribution >= 0.6 is 0 Å². The van der Waals surface area contributed by atoms with E-state index in [1.165, 1.54) is 58.2 Å². The Morgan fingerprint density at radius 1 is 1.06 bits per heavy atom. The SMILES string of the molecule is CNC1CCCCC1CN1CCC(C(C)C)CC1. The van der Waals surface area contributed by atoms with Gasteiger partial charge in [0, 0.05) is 12.6 Å². The van der Waals surface area contributed by atoms with Gasteiger partial charge in [-0.1, -0.05) is 26.7 Å². The highest BCUT2D eigenvalue weighted by molar-refractivity contribution is 4.84. The van der Waals surface area contributed by atoms with Crippen molar-refractivity contribution in [1.82, 2.24) is 10.2 Å². The zero-order valence-corrected chi connectivity index (χ0v) is 12.6. The van der Waals surface area contributed by atoms with Crippen LogP contribution in [0.15, 0.2) is 0 Å². The molecule has 0 amide bonds. The van der Waals surface area contributed by atoms with Crippen molar-refractivity contribution >= 4 is 0 Å². The van der Waals surface area contributed by atoms with Gasteiger partial charge in [0.15, 0.2) is 0 Å². The van der Waals surface area contributed by atoms with Crippen LogP contribution in [0.3, 0.4) is 0 Å². The van der Waals surface area contributed by atoms with Crippen LogP contribution < -0.4 is 5.32 Å². The Bertz CT molecular complexity index is 231. The Hall–Kier alpha value is -0.0800. The maximum absolute atomic E-state index is 3.54. The summed E-state index contributed by atoms with van der Waals surface area (Å²) in [6, 6.07) is 0.779. The molecule has 1 heterocycles. The largest absolute Gasteiger partial charge is 0.317 e. The lowest BCUT2D eigenvalue weighted by molar-refractivity contribution is 0.116. The summed E-state index contributed by atoms with van der Waals surface area (Å²) >= 11 is 0. The third-order valence-electron chi connectivity index (χ3n) is 5.35. The zero-order chi connectivity index (χ0) is 13.0. The molecule has 2 rings (SSSR count). The van der Waals surface area contributed by atoms with E-state index in [-0.39, 0.29) is 0 Å². The van der Waals surface area contributed by atoms with Crippen molar-refractivity contribution in [1.29, 1.82) is 0 Å². The average Bonchev–Trinajstić information content (AvgIpc) is 2.40. The monoisotopic (exact) mass is 252 g/mol. The Morgan fingerprint density at radius 3 is 2.33 bits per heavy atom. The number of piperidine rings is 1. The molecule has 2 atom stereocenters. The third-order valence-corrected chi connectivity index (χ3v) is 5.35. The molecule has 2 unspecified atom stereocenters. The summed E-state index contributed by atoms with van der Waals surface area (Å²) < 4.78 is 0. The highest BCUT2D eigenvalue weighted by Gasteiger charge is 2.28. The number of nitrogens with zero attached hydrogens (tertiary/aromatic N) is 1. The highest BCUT2D eigenvalue weighted by atomic mass is 15.1. The first kappa shape index (κ1) is 14.3. The van der Waals surface area contributed by atoms with Crippen LogP contribution in [0.2, 0.25) is 0 Å². The molecular weight excluding hydrogens is 220 g/mol. The molecule has 0 aromatic rings. The van der Waals surface area contributed by atoms with Crippen molar-refractivity contribution in [2.45, 2.75) is 58.4 Å². The van der Waals surface area contributed by atoms with E-state index in [0.29, 0.717) is 0 Å². The quantitative estimate of drug-likeness (QED) is 0.827. The van der Waals surface area contributed by atoms with E-state index in [1.54, 1.807) is 0 Å². The van der Waals surface area contributed by atoms with Crippen LogP contribution in [0, 0.1) is 17.8 Å². The molecule has 1 saturated carbocycles. The van der Waals surface area contributed by atoms with E-state index in [9.17, 15) is 0 Å². The van der Waals surface area contributed by atoms with Crippen LogP contribution in [0.4, 0.5) is 0 Å². The first-order valence-electron chi connectivity index (χ1n) is 8.10. The molecule has 2 nitrogen and oxygen atoms in total. The highest BCUT2D eigenvalue weighted by Crippen LogP contribution is 2.28. The van der Waals surface area contributed by atoms with Gasteiger partial charge in [0.25, 0.3) is 0 Å². The molecule has 18 heavy (non-hydrogen) atoms. The van der Waals surface area contributed by atoms with Gasteiger partial charge in [-0.2, -0.15) is 0 Å². The third kappa shape index (κ3) is 3.71. The van der Waals surface area contributed by atoms with Gasteiger partial charge in [-0.15, -0.1) is 0 Å². The van der Waals surface area contributed by atoms with Gasteiger partial charge in [-0.25, -0.2) is 0 Å². The lowest BCUT2D eigenvalue weighted by Crippen LogP contribution is -2.45. The number of likely N-dealkylation sites (tertiary alicyclic amines) is 1. The molecule has 0 spiro atoms. The predicted octanol–water partition coefficient (Wildman–Crippen LogP) is 3.13. The first-order chi connectivity index (χ1) is 8.70. The Morgan fingerprint density at radius 2 is 1.72 bits per heavy atom. The second-order valence-corrected chi connectivity index (χ2v) is 6.82. The summed E-state index contributed by atoms with van der Waals surface area (Å²) in [5, 5.41) is 3.54. The molecule has 0 aromatic carbocycles. The summed E-state index contributed by atoms with van der Waals surface area (Å²) in [5.41, 5.74) is 0. The smallest absolute Gasteiger partial charge is 0.0104 e. The van der Waals surface area contributed by atoms with E-state index in [0.717, 1.165) is 23.8 Å². The number of hydrogen-bond acceptors (Lipinski definition) is 2. The normalized spacial score (nSPS) is 32.0. The molecule has 2 fully saturated rings. The van der Waals surface area contributed by atoms with Crippen LogP contribution in [0.5, 0.6) is 0 Å². The van der Waals surface area contributed by atoms with Gasteiger partial charge in [0.2, 0.25) is 0 Å². The number of nitrogens with one attached hydrogen (secondary N) is 1. The molecule has 0 aromatic heterocycles. The second kappa shape index (κ2) is 6.91. The minimum absolute atomic E-state index is 0.779. The molecule has 106 valence electrons. The predicted molar refractivity (Wildman–Crippen MR) is 78.8 cm³/mol. The fourth-order valence-electron chi connectivity index (χ4n) is 3.94. The first-order valence-corrected chi connectivity index (χ1v) is 8.10. The van der Waals surface area contributed by atoms with Crippen LogP contribution in [-0.4, -0.2) is 37.6 Å². The molecular formula is C16H32N2. The van der Waals surface area contributed by atoms with Crippen molar-refractivity contribution in [3.63, 3.8) is 0 Å². The van der Waals surface area contributed by atoms with E-state index in [2.05, 4.69) is 31.1 Å². The van der Waals surface area contributed by atoms with Gasteiger partial charge in [-0.05, 0) is 63.6 Å². The van der Waals surface area contributed by atoms with Crippen molar-refractivity contribution in [3.05, 3.63) is 0 Å². The van der Waals surface area contributed by atoms with E-state index >= 15 is 0 Å². The van der Waals surface area contributed by atoms with E-state index in [1.807, 2.05) is 0 Å². The van der Waals surface area contributed by atoms with Gasteiger partial charge in [0.1, 0.15) is 0 Å². The lowest BCUT2D eigenvalue weighted by atomic mass is 9.82. The Kier molecular flexibility index (Phi) is 5.50. The Labute approximate surface area is 114 Å². The fourth-order valence-corrected chi connectivity index (χ4v) is 3.94. The Balaban J connectivity index is 1.76. The van der Waals surface area contributed by atoms with Gasteiger partial charge >= 0.3 is 0 Å². The van der Waals surface area contributed by atoms with Gasteiger partial charge in [-0.3, -0.25) is 0 Å². The fraction of sp³-hybridized carbons (Fsp3) is 1.00. The number of hydrogen-bond donors (Lipinski definition) is 1. The summed E-state index contributed by atoms with van der Waals surface area (Å²) in [5.74, 6) is 2.76. The molecule has 2 aliphatic rings. The molecule has 0 radical (unpaired) electrons. The average molecular weight is 252 g/mol. The van der Waals surface area contributed by atoms with E-state index < -0.39 is 0 Å². The molecule has 1 aliphatic heterocycles. The maximum atomic E-state index is 3.54. The minimum Gasteiger partial charge on any atom is -0.317 e. The summed E-state index contributed by atoms with van der Waals surface area (Å²) in [7, 11) is 2.15. The summed E-state index contributed by atoms with van der Waals surface area (Å²) in [4.78, 5) is 2.74. The van der Waals surface area contributed by atoms with Gasteiger partial charge < -0.3 is 10.2 Å². The van der Waals surface area contributed by atoms with Crippen LogP contribution in [-0.2, 0) is 0 Å². The minimum atomic E-state index is 0.779. The van der Waals surface area contributed by atoms with Crippen molar-refractivity contribution in [2.75, 3.05) is 26.7 Å². The van der Waals surface area contributed by atoms with Crippen molar-refractivity contribution < 1.29 is 0 Å². The zero-order valence-electron chi connectivity index (χ0n) is 12.6. The lowest BCUT2D eigenvalue weighted by Gasteiger charge is -2.39. The molecule has 1 N–H and O–H groups in total. The summed E-state index contributed by atoms with van der Waals surface area (Å²) in [6.45, 7) is 8.80. The molecule has 2 heteroatoms.